The molecule has 1 aliphatic heterocycles. The highest BCUT2D eigenvalue weighted by atomic mass is 16.5. The van der Waals surface area contributed by atoms with Crippen molar-refractivity contribution >= 4 is 0 Å². The minimum absolute atomic E-state index is 0.405. The molecule has 2 atom stereocenters. The summed E-state index contributed by atoms with van der Waals surface area (Å²) in [6.45, 7) is 5.70. The molecule has 0 aliphatic carbocycles. The van der Waals surface area contributed by atoms with Crippen molar-refractivity contribution < 1.29 is 19.3 Å². The highest BCUT2D eigenvalue weighted by Crippen LogP contribution is 2.38. The van der Waals surface area contributed by atoms with Gasteiger partial charge in [-0.2, -0.15) is 0 Å². The fraction of sp³-hybridized carbons (Fsp3) is 0.478. The van der Waals surface area contributed by atoms with Crippen LogP contribution >= 0.6 is 0 Å². The Hall–Kier alpha value is -2.20. The summed E-state index contributed by atoms with van der Waals surface area (Å²) in [4.78, 5) is 0. The molecule has 0 fully saturated rings. The van der Waals surface area contributed by atoms with Gasteiger partial charge in [-0.05, 0) is 42.2 Å². The zero-order valence-electron chi connectivity index (χ0n) is 16.3. The first kappa shape index (κ1) is 19.6. The average Bonchev–Trinajstić information content (AvgIpc) is 2.68. The molecule has 146 valence electrons. The second kappa shape index (κ2) is 9.65. The molecule has 27 heavy (non-hydrogen) atoms. The molecule has 1 heterocycles. The first-order valence-electron chi connectivity index (χ1n) is 10.0. The van der Waals surface area contributed by atoms with E-state index in [4.69, 9.17) is 14.2 Å². The number of aliphatic hydroxyl groups excluding tert-OH is 1. The smallest absolute Gasteiger partial charge is 0.150 e. The van der Waals surface area contributed by atoms with Crippen LogP contribution in [0.15, 0.2) is 42.5 Å². The summed E-state index contributed by atoms with van der Waals surface area (Å²) in [5.74, 6) is 2.42. The molecule has 1 aliphatic rings. The van der Waals surface area contributed by atoms with Crippen LogP contribution in [0.1, 0.15) is 56.8 Å². The lowest BCUT2D eigenvalue weighted by Gasteiger charge is -2.31. The summed E-state index contributed by atoms with van der Waals surface area (Å²) in [7, 11) is 0. The van der Waals surface area contributed by atoms with Crippen LogP contribution in [0.2, 0.25) is 0 Å². The molecule has 4 heteroatoms. The third-order valence-corrected chi connectivity index (χ3v) is 4.79. The van der Waals surface area contributed by atoms with Gasteiger partial charge in [-0.25, -0.2) is 0 Å². The van der Waals surface area contributed by atoms with Gasteiger partial charge < -0.3 is 19.3 Å². The number of rotatable bonds is 9. The molecule has 2 aromatic rings. The Morgan fingerprint density at radius 2 is 1.67 bits per heavy atom. The fourth-order valence-electron chi connectivity index (χ4n) is 3.19. The SMILES string of the molecule is CCCCOc1cccc(C2Oc3cc(OCCCC)ccc3C[C@H]2O)c1. The molecule has 4 nitrogen and oxygen atoms in total. The van der Waals surface area contributed by atoms with Crippen molar-refractivity contribution in [2.45, 2.75) is 58.2 Å². The summed E-state index contributed by atoms with van der Waals surface area (Å²) in [6, 6.07) is 13.7. The van der Waals surface area contributed by atoms with E-state index in [9.17, 15) is 5.11 Å². The summed E-state index contributed by atoms with van der Waals surface area (Å²) in [5, 5.41) is 10.6. The molecular formula is C23H30O4. The van der Waals surface area contributed by atoms with Crippen molar-refractivity contribution in [3.63, 3.8) is 0 Å². The molecule has 1 N–H and O–H groups in total. The lowest BCUT2D eigenvalue weighted by molar-refractivity contribution is 0.0205. The standard InChI is InChI=1S/C23H30O4/c1-3-5-12-25-19-9-7-8-18(14-19)23-21(24)15-17-10-11-20(16-22(17)27-23)26-13-6-4-2/h7-11,14,16,21,23-24H,3-6,12-13,15H2,1-2H3/t21-,23?/m1/s1. The van der Waals surface area contributed by atoms with Crippen molar-refractivity contribution in [1.82, 2.24) is 0 Å². The van der Waals surface area contributed by atoms with Gasteiger partial charge in [-0.1, -0.05) is 44.9 Å². The minimum atomic E-state index is -0.588. The van der Waals surface area contributed by atoms with Gasteiger partial charge >= 0.3 is 0 Å². The number of hydrogen-bond acceptors (Lipinski definition) is 4. The number of unbranched alkanes of at least 4 members (excludes halogenated alkanes) is 2. The van der Waals surface area contributed by atoms with Crippen LogP contribution in [-0.2, 0) is 6.42 Å². The van der Waals surface area contributed by atoms with Gasteiger partial charge in [0.15, 0.2) is 0 Å². The van der Waals surface area contributed by atoms with Gasteiger partial charge in [0.1, 0.15) is 23.4 Å². The van der Waals surface area contributed by atoms with Crippen LogP contribution in [0, 0.1) is 0 Å². The number of ether oxygens (including phenoxy) is 3. The van der Waals surface area contributed by atoms with Gasteiger partial charge in [0, 0.05) is 12.5 Å². The van der Waals surface area contributed by atoms with Crippen LogP contribution in [0.5, 0.6) is 17.2 Å². The van der Waals surface area contributed by atoms with E-state index < -0.39 is 12.2 Å². The lowest BCUT2D eigenvalue weighted by atomic mass is 9.94. The Morgan fingerprint density at radius 1 is 0.963 bits per heavy atom. The van der Waals surface area contributed by atoms with Gasteiger partial charge in [-0.3, -0.25) is 0 Å². The van der Waals surface area contributed by atoms with Crippen molar-refractivity contribution in [2.75, 3.05) is 13.2 Å². The number of fused-ring (bicyclic) bond motifs is 1. The van der Waals surface area contributed by atoms with E-state index in [-0.39, 0.29) is 0 Å². The Balaban J connectivity index is 1.73. The first-order chi connectivity index (χ1) is 13.2. The van der Waals surface area contributed by atoms with E-state index in [1.165, 1.54) is 0 Å². The van der Waals surface area contributed by atoms with Gasteiger partial charge in [0.2, 0.25) is 0 Å². The fourth-order valence-corrected chi connectivity index (χ4v) is 3.19. The second-order valence-corrected chi connectivity index (χ2v) is 7.06. The van der Waals surface area contributed by atoms with Crippen LogP contribution < -0.4 is 14.2 Å². The predicted octanol–water partition coefficient (Wildman–Crippen LogP) is 5.08. The third-order valence-electron chi connectivity index (χ3n) is 4.79. The second-order valence-electron chi connectivity index (χ2n) is 7.06. The van der Waals surface area contributed by atoms with E-state index in [0.717, 1.165) is 54.1 Å². The lowest BCUT2D eigenvalue weighted by Crippen LogP contribution is -2.30. The predicted molar refractivity (Wildman–Crippen MR) is 107 cm³/mol. The van der Waals surface area contributed by atoms with Gasteiger partial charge in [-0.15, -0.1) is 0 Å². The molecule has 0 bridgehead atoms. The summed E-state index contributed by atoms with van der Waals surface area (Å²) >= 11 is 0. The monoisotopic (exact) mass is 370 g/mol. The van der Waals surface area contributed by atoms with Gasteiger partial charge in [0.05, 0.1) is 19.3 Å². The van der Waals surface area contributed by atoms with E-state index in [2.05, 4.69) is 13.8 Å². The molecule has 0 amide bonds. The maximum absolute atomic E-state index is 10.6. The molecule has 0 aromatic heterocycles. The molecular weight excluding hydrogens is 340 g/mol. The molecule has 2 aromatic carbocycles. The summed E-state index contributed by atoms with van der Waals surface area (Å²) in [5.41, 5.74) is 1.94. The van der Waals surface area contributed by atoms with Crippen LogP contribution in [0.3, 0.4) is 0 Å². The number of benzene rings is 2. The van der Waals surface area contributed by atoms with E-state index >= 15 is 0 Å². The zero-order valence-corrected chi connectivity index (χ0v) is 16.3. The van der Waals surface area contributed by atoms with E-state index in [1.54, 1.807) is 0 Å². The highest BCUT2D eigenvalue weighted by Gasteiger charge is 2.30. The van der Waals surface area contributed by atoms with Gasteiger partial charge in [0.25, 0.3) is 0 Å². The Labute approximate surface area is 162 Å². The summed E-state index contributed by atoms with van der Waals surface area (Å²) in [6.07, 6.45) is 3.84. The summed E-state index contributed by atoms with van der Waals surface area (Å²) < 4.78 is 17.8. The third kappa shape index (κ3) is 5.16. The van der Waals surface area contributed by atoms with Crippen LogP contribution in [0.4, 0.5) is 0 Å². The Morgan fingerprint density at radius 3 is 2.37 bits per heavy atom. The molecule has 1 unspecified atom stereocenters. The largest absolute Gasteiger partial charge is 0.494 e. The van der Waals surface area contributed by atoms with Crippen LogP contribution in [0.25, 0.3) is 0 Å². The quantitative estimate of drug-likeness (QED) is 0.625. The molecule has 3 rings (SSSR count). The Bertz CT molecular complexity index is 728. The Kier molecular flexibility index (Phi) is 6.99. The van der Waals surface area contributed by atoms with E-state index in [1.807, 2.05) is 42.5 Å². The number of hydrogen-bond donors (Lipinski definition) is 1. The van der Waals surface area contributed by atoms with Crippen molar-refractivity contribution in [3.05, 3.63) is 53.6 Å². The average molecular weight is 370 g/mol. The normalized spacial score (nSPS) is 18.5. The maximum Gasteiger partial charge on any atom is 0.150 e. The molecule has 0 saturated carbocycles. The van der Waals surface area contributed by atoms with Crippen molar-refractivity contribution in [1.29, 1.82) is 0 Å². The minimum Gasteiger partial charge on any atom is -0.494 e. The zero-order chi connectivity index (χ0) is 19.1. The molecule has 0 saturated heterocycles. The van der Waals surface area contributed by atoms with Crippen molar-refractivity contribution in [3.8, 4) is 17.2 Å². The first-order valence-corrected chi connectivity index (χ1v) is 10.0. The van der Waals surface area contributed by atoms with E-state index in [0.29, 0.717) is 19.6 Å². The van der Waals surface area contributed by atoms with Crippen LogP contribution in [-0.4, -0.2) is 24.4 Å². The van der Waals surface area contributed by atoms with Crippen molar-refractivity contribution in [2.24, 2.45) is 0 Å². The molecule has 0 radical (unpaired) electrons. The molecule has 0 spiro atoms. The highest BCUT2D eigenvalue weighted by molar-refractivity contribution is 5.44. The topological polar surface area (TPSA) is 47.9 Å². The number of aliphatic hydroxyl groups is 1. The maximum atomic E-state index is 10.6.